The standard InChI is InChI=1S/C15H26N2O3S/c1-5-8-16-10-14-12(3)20-13(4)15(14)21(18,19)17-9-6-7-11(17)2/h11,16H,5-10H2,1-4H3. The van der Waals surface area contributed by atoms with Crippen LogP contribution in [0.15, 0.2) is 9.31 Å². The van der Waals surface area contributed by atoms with E-state index in [0.717, 1.165) is 31.4 Å². The van der Waals surface area contributed by atoms with Crippen LogP contribution < -0.4 is 5.32 Å². The van der Waals surface area contributed by atoms with Gasteiger partial charge < -0.3 is 9.73 Å². The van der Waals surface area contributed by atoms with Crippen molar-refractivity contribution in [3.05, 3.63) is 17.1 Å². The average molecular weight is 314 g/mol. The molecule has 1 saturated heterocycles. The summed E-state index contributed by atoms with van der Waals surface area (Å²) in [4.78, 5) is 0.373. The number of sulfonamides is 1. The van der Waals surface area contributed by atoms with Crippen LogP contribution in [0.25, 0.3) is 0 Å². The first-order valence-electron chi connectivity index (χ1n) is 7.71. The third-order valence-electron chi connectivity index (χ3n) is 4.11. The van der Waals surface area contributed by atoms with Crippen molar-refractivity contribution in [2.45, 2.75) is 64.4 Å². The number of nitrogens with one attached hydrogen (secondary N) is 1. The van der Waals surface area contributed by atoms with Gasteiger partial charge in [0.05, 0.1) is 0 Å². The Hall–Kier alpha value is -0.850. The van der Waals surface area contributed by atoms with E-state index in [2.05, 4.69) is 12.2 Å². The molecule has 1 aromatic rings. The molecule has 21 heavy (non-hydrogen) atoms. The molecule has 1 aliphatic heterocycles. The van der Waals surface area contributed by atoms with Gasteiger partial charge in [-0.25, -0.2) is 8.42 Å². The van der Waals surface area contributed by atoms with Crippen molar-refractivity contribution >= 4 is 10.0 Å². The number of hydrogen-bond donors (Lipinski definition) is 1. The number of aryl methyl sites for hydroxylation is 2. The lowest BCUT2D eigenvalue weighted by Gasteiger charge is -2.21. The Morgan fingerprint density at radius 1 is 1.33 bits per heavy atom. The summed E-state index contributed by atoms with van der Waals surface area (Å²) in [7, 11) is -3.47. The quantitative estimate of drug-likeness (QED) is 0.820. The van der Waals surface area contributed by atoms with Gasteiger partial charge >= 0.3 is 0 Å². The molecule has 0 amide bonds. The fourth-order valence-electron chi connectivity index (χ4n) is 3.02. The van der Waals surface area contributed by atoms with Crippen molar-refractivity contribution in [2.24, 2.45) is 0 Å². The van der Waals surface area contributed by atoms with Gasteiger partial charge in [0.2, 0.25) is 10.0 Å². The van der Waals surface area contributed by atoms with E-state index in [9.17, 15) is 8.42 Å². The van der Waals surface area contributed by atoms with Gasteiger partial charge in [0.1, 0.15) is 16.4 Å². The molecule has 0 radical (unpaired) electrons. The SMILES string of the molecule is CCCNCc1c(C)oc(C)c1S(=O)(=O)N1CCCC1C. The van der Waals surface area contributed by atoms with Crippen LogP contribution in [0, 0.1) is 13.8 Å². The molecule has 0 saturated carbocycles. The molecule has 1 unspecified atom stereocenters. The monoisotopic (exact) mass is 314 g/mol. The molecule has 0 spiro atoms. The predicted octanol–water partition coefficient (Wildman–Crippen LogP) is 2.57. The molecular weight excluding hydrogens is 288 g/mol. The van der Waals surface area contributed by atoms with Crippen LogP contribution in [0.4, 0.5) is 0 Å². The zero-order valence-electron chi connectivity index (χ0n) is 13.4. The second-order valence-electron chi connectivity index (χ2n) is 5.81. The summed E-state index contributed by atoms with van der Waals surface area (Å²) >= 11 is 0. The van der Waals surface area contributed by atoms with E-state index in [4.69, 9.17) is 4.42 Å². The van der Waals surface area contributed by atoms with Gasteiger partial charge in [-0.05, 0) is 46.6 Å². The second-order valence-corrected chi connectivity index (χ2v) is 7.63. The zero-order chi connectivity index (χ0) is 15.6. The molecule has 0 aromatic carbocycles. The van der Waals surface area contributed by atoms with E-state index >= 15 is 0 Å². The molecule has 1 N–H and O–H groups in total. The molecule has 1 aliphatic rings. The molecule has 1 aromatic heterocycles. The minimum Gasteiger partial charge on any atom is -0.465 e. The number of hydrogen-bond acceptors (Lipinski definition) is 4. The highest BCUT2D eigenvalue weighted by molar-refractivity contribution is 7.89. The Labute approximate surface area is 127 Å². The minimum absolute atomic E-state index is 0.0704. The first-order chi connectivity index (χ1) is 9.89. The first kappa shape index (κ1) is 16.5. The summed E-state index contributed by atoms with van der Waals surface area (Å²) in [6.07, 6.45) is 2.87. The van der Waals surface area contributed by atoms with Gasteiger partial charge in [0.25, 0.3) is 0 Å². The Kier molecular flexibility index (Phi) is 5.11. The highest BCUT2D eigenvalue weighted by Crippen LogP contribution is 2.32. The van der Waals surface area contributed by atoms with Gasteiger partial charge in [-0.1, -0.05) is 6.92 Å². The summed E-state index contributed by atoms with van der Waals surface area (Å²) in [5.41, 5.74) is 0.778. The third kappa shape index (κ3) is 3.17. The molecule has 2 rings (SSSR count). The summed E-state index contributed by atoms with van der Waals surface area (Å²) in [6, 6.07) is 0.0704. The van der Waals surface area contributed by atoms with E-state index in [-0.39, 0.29) is 6.04 Å². The molecular formula is C15H26N2O3S. The maximum atomic E-state index is 13.0. The van der Waals surface area contributed by atoms with Gasteiger partial charge in [0.15, 0.2) is 0 Å². The largest absolute Gasteiger partial charge is 0.465 e. The van der Waals surface area contributed by atoms with Crippen LogP contribution in [0.2, 0.25) is 0 Å². The molecule has 5 nitrogen and oxygen atoms in total. The van der Waals surface area contributed by atoms with E-state index < -0.39 is 10.0 Å². The van der Waals surface area contributed by atoms with Gasteiger partial charge in [-0.2, -0.15) is 4.31 Å². The first-order valence-corrected chi connectivity index (χ1v) is 9.15. The van der Waals surface area contributed by atoms with Gasteiger partial charge in [-0.15, -0.1) is 0 Å². The summed E-state index contributed by atoms with van der Waals surface area (Å²) < 4.78 is 33.2. The van der Waals surface area contributed by atoms with Crippen LogP contribution in [-0.4, -0.2) is 31.9 Å². The maximum absolute atomic E-state index is 13.0. The topological polar surface area (TPSA) is 62.6 Å². The van der Waals surface area contributed by atoms with E-state index in [1.807, 2.05) is 13.8 Å². The molecule has 1 atom stereocenters. The normalized spacial score (nSPS) is 20.3. The summed E-state index contributed by atoms with van der Waals surface area (Å²) in [5.74, 6) is 1.20. The smallest absolute Gasteiger partial charge is 0.247 e. The summed E-state index contributed by atoms with van der Waals surface area (Å²) in [6.45, 7) is 9.64. The predicted molar refractivity (Wildman–Crippen MR) is 82.8 cm³/mol. The average Bonchev–Trinajstić information content (AvgIpc) is 2.94. The summed E-state index contributed by atoms with van der Waals surface area (Å²) in [5, 5.41) is 3.28. The van der Waals surface area contributed by atoms with Gasteiger partial charge in [-0.3, -0.25) is 0 Å². The number of rotatable bonds is 6. The van der Waals surface area contributed by atoms with Crippen molar-refractivity contribution in [2.75, 3.05) is 13.1 Å². The highest BCUT2D eigenvalue weighted by Gasteiger charge is 2.37. The van der Waals surface area contributed by atoms with Crippen molar-refractivity contribution in [3.63, 3.8) is 0 Å². The zero-order valence-corrected chi connectivity index (χ0v) is 14.2. The fraction of sp³-hybridized carbons (Fsp3) is 0.733. The number of furan rings is 1. The lowest BCUT2D eigenvalue weighted by molar-refractivity contribution is 0.406. The van der Waals surface area contributed by atoms with Crippen molar-refractivity contribution in [1.29, 1.82) is 0 Å². The molecule has 0 aliphatic carbocycles. The number of nitrogens with zero attached hydrogens (tertiary/aromatic N) is 1. The van der Waals surface area contributed by atoms with Crippen LogP contribution in [0.1, 0.15) is 50.2 Å². The molecule has 120 valence electrons. The fourth-order valence-corrected chi connectivity index (χ4v) is 5.14. The Morgan fingerprint density at radius 2 is 2.05 bits per heavy atom. The van der Waals surface area contributed by atoms with E-state index in [0.29, 0.717) is 29.5 Å². The molecule has 0 bridgehead atoms. The van der Waals surface area contributed by atoms with Crippen LogP contribution in [0.5, 0.6) is 0 Å². The minimum atomic E-state index is -3.47. The Bertz CT molecular complexity index is 592. The van der Waals surface area contributed by atoms with Crippen molar-refractivity contribution in [1.82, 2.24) is 9.62 Å². The lowest BCUT2D eigenvalue weighted by atomic mass is 10.2. The molecule has 6 heteroatoms. The van der Waals surface area contributed by atoms with Crippen molar-refractivity contribution < 1.29 is 12.8 Å². The second kappa shape index (κ2) is 6.50. The molecule has 2 heterocycles. The van der Waals surface area contributed by atoms with Crippen LogP contribution >= 0.6 is 0 Å². The lowest BCUT2D eigenvalue weighted by Crippen LogP contribution is -2.34. The Balaban J connectivity index is 2.38. The maximum Gasteiger partial charge on any atom is 0.247 e. The van der Waals surface area contributed by atoms with E-state index in [1.165, 1.54) is 0 Å². The highest BCUT2D eigenvalue weighted by atomic mass is 32.2. The van der Waals surface area contributed by atoms with Crippen LogP contribution in [-0.2, 0) is 16.6 Å². The third-order valence-corrected chi connectivity index (χ3v) is 6.32. The Morgan fingerprint density at radius 3 is 2.62 bits per heavy atom. The van der Waals surface area contributed by atoms with Gasteiger partial charge in [0, 0.05) is 24.7 Å². The van der Waals surface area contributed by atoms with Crippen LogP contribution in [0.3, 0.4) is 0 Å². The van der Waals surface area contributed by atoms with Crippen molar-refractivity contribution in [3.8, 4) is 0 Å². The van der Waals surface area contributed by atoms with E-state index in [1.54, 1.807) is 11.2 Å². The molecule has 1 fully saturated rings.